The second-order valence-corrected chi connectivity index (χ2v) is 5.03. The van der Waals surface area contributed by atoms with E-state index in [0.717, 1.165) is 23.7 Å². The van der Waals surface area contributed by atoms with Crippen LogP contribution in [0, 0.1) is 0 Å². The van der Waals surface area contributed by atoms with E-state index in [1.165, 1.54) is 12.8 Å². The van der Waals surface area contributed by atoms with Gasteiger partial charge in [-0.25, -0.2) is 5.01 Å². The molecular formula is C15H23N3S. The van der Waals surface area contributed by atoms with Crippen molar-refractivity contribution >= 4 is 23.1 Å². The summed E-state index contributed by atoms with van der Waals surface area (Å²) in [6.45, 7) is 3.09. The average Bonchev–Trinajstić information content (AvgIpc) is 2.46. The van der Waals surface area contributed by atoms with Crippen LogP contribution in [0.2, 0.25) is 0 Å². The molecule has 1 aromatic carbocycles. The zero-order valence-electron chi connectivity index (χ0n) is 12.0. The normalized spacial score (nSPS) is 12.1. The molecular weight excluding hydrogens is 254 g/mol. The van der Waals surface area contributed by atoms with E-state index < -0.39 is 0 Å². The molecule has 0 aliphatic carbocycles. The van der Waals surface area contributed by atoms with E-state index in [2.05, 4.69) is 17.0 Å². The van der Waals surface area contributed by atoms with Crippen LogP contribution in [0.1, 0.15) is 31.7 Å². The third kappa shape index (κ3) is 6.43. The molecule has 0 saturated carbocycles. The summed E-state index contributed by atoms with van der Waals surface area (Å²) in [5.41, 5.74) is 1.10. The highest BCUT2D eigenvalue weighted by Crippen LogP contribution is 2.06. The van der Waals surface area contributed by atoms with Crippen molar-refractivity contribution in [2.75, 3.05) is 19.8 Å². The van der Waals surface area contributed by atoms with Crippen LogP contribution in [0.3, 0.4) is 0 Å². The van der Waals surface area contributed by atoms with Crippen LogP contribution < -0.4 is 0 Å². The number of rotatable bonds is 6. The summed E-state index contributed by atoms with van der Waals surface area (Å²) in [6.07, 6.45) is 7.51. The molecule has 0 aliphatic rings. The van der Waals surface area contributed by atoms with Gasteiger partial charge in [-0.3, -0.25) is 4.99 Å². The van der Waals surface area contributed by atoms with Crippen molar-refractivity contribution in [3.63, 3.8) is 0 Å². The van der Waals surface area contributed by atoms with Crippen molar-refractivity contribution in [1.29, 1.82) is 0 Å². The quantitative estimate of drug-likeness (QED) is 0.342. The summed E-state index contributed by atoms with van der Waals surface area (Å²) in [6, 6.07) is 10.1. The Labute approximate surface area is 120 Å². The summed E-state index contributed by atoms with van der Waals surface area (Å²) < 4.78 is 0. The van der Waals surface area contributed by atoms with Gasteiger partial charge in [-0.2, -0.15) is 5.10 Å². The second-order valence-electron chi connectivity index (χ2n) is 4.25. The van der Waals surface area contributed by atoms with Gasteiger partial charge in [0.15, 0.2) is 5.17 Å². The van der Waals surface area contributed by atoms with E-state index in [1.807, 2.05) is 54.9 Å². The Morgan fingerprint density at radius 3 is 2.63 bits per heavy atom. The molecule has 0 amide bonds. The average molecular weight is 277 g/mol. The molecule has 0 saturated heterocycles. The molecule has 3 nitrogen and oxygen atoms in total. The van der Waals surface area contributed by atoms with Crippen molar-refractivity contribution in [1.82, 2.24) is 5.01 Å². The monoisotopic (exact) mass is 277 g/mol. The zero-order chi connectivity index (χ0) is 13.9. The Morgan fingerprint density at radius 1 is 1.26 bits per heavy atom. The maximum Gasteiger partial charge on any atom is 0.179 e. The summed E-state index contributed by atoms with van der Waals surface area (Å²) in [5.74, 6) is 0. The first-order valence-corrected chi connectivity index (χ1v) is 7.91. The number of nitrogens with zero attached hydrogens (tertiary/aromatic N) is 3. The molecule has 0 N–H and O–H groups in total. The van der Waals surface area contributed by atoms with Gasteiger partial charge in [0.05, 0.1) is 6.21 Å². The number of hydrazone groups is 1. The van der Waals surface area contributed by atoms with Crippen LogP contribution in [0.4, 0.5) is 0 Å². The maximum absolute atomic E-state index is 4.58. The smallest absolute Gasteiger partial charge is 0.179 e. The van der Waals surface area contributed by atoms with Gasteiger partial charge in [-0.05, 0) is 18.2 Å². The highest BCUT2D eigenvalue weighted by atomic mass is 32.2. The minimum Gasteiger partial charge on any atom is -0.261 e. The molecule has 0 heterocycles. The third-order valence-corrected chi connectivity index (χ3v) is 3.41. The lowest BCUT2D eigenvalue weighted by molar-refractivity contribution is 0.554. The summed E-state index contributed by atoms with van der Waals surface area (Å²) in [7, 11) is 1.94. The van der Waals surface area contributed by atoms with Crippen LogP contribution in [0.5, 0.6) is 0 Å². The van der Waals surface area contributed by atoms with Gasteiger partial charge in [-0.15, -0.1) is 0 Å². The van der Waals surface area contributed by atoms with Gasteiger partial charge in [0.2, 0.25) is 0 Å². The molecule has 1 rings (SSSR count). The summed E-state index contributed by atoms with van der Waals surface area (Å²) >= 11 is 1.63. The lowest BCUT2D eigenvalue weighted by atomic mass is 10.2. The molecule has 0 radical (unpaired) electrons. The molecule has 0 aromatic heterocycles. The van der Waals surface area contributed by atoms with E-state index >= 15 is 0 Å². The van der Waals surface area contributed by atoms with Crippen LogP contribution in [0.15, 0.2) is 40.4 Å². The third-order valence-electron chi connectivity index (χ3n) is 2.65. The number of unbranched alkanes of at least 4 members (excludes halogenated alkanes) is 2. The maximum atomic E-state index is 4.58. The lowest BCUT2D eigenvalue weighted by Crippen LogP contribution is -2.18. The first kappa shape index (κ1) is 15.8. The Balaban J connectivity index is 2.53. The molecule has 19 heavy (non-hydrogen) atoms. The predicted molar refractivity (Wildman–Crippen MR) is 87.1 cm³/mol. The molecule has 4 heteroatoms. The first-order valence-electron chi connectivity index (χ1n) is 6.69. The van der Waals surface area contributed by atoms with Gasteiger partial charge in [0, 0.05) is 13.6 Å². The number of amidine groups is 1. The van der Waals surface area contributed by atoms with Crippen molar-refractivity contribution in [3.05, 3.63) is 35.9 Å². The number of aliphatic imine (C=N–C) groups is 1. The Hall–Kier alpha value is -1.29. The number of hydrogen-bond acceptors (Lipinski definition) is 3. The van der Waals surface area contributed by atoms with Crippen molar-refractivity contribution < 1.29 is 0 Å². The predicted octanol–water partition coefficient (Wildman–Crippen LogP) is 3.86. The van der Waals surface area contributed by atoms with Crippen LogP contribution >= 0.6 is 11.8 Å². The summed E-state index contributed by atoms with van der Waals surface area (Å²) in [5, 5.41) is 7.22. The molecule has 0 bridgehead atoms. The minimum atomic E-state index is 0.884. The number of hydrogen-bond donors (Lipinski definition) is 0. The van der Waals surface area contributed by atoms with E-state index in [0.29, 0.717) is 0 Å². The number of thioether (sulfide) groups is 1. The largest absolute Gasteiger partial charge is 0.261 e. The highest BCUT2D eigenvalue weighted by molar-refractivity contribution is 8.13. The summed E-state index contributed by atoms with van der Waals surface area (Å²) in [4.78, 5) is 4.58. The van der Waals surface area contributed by atoms with Gasteiger partial charge < -0.3 is 0 Å². The molecule has 1 aromatic rings. The Morgan fingerprint density at radius 2 is 2.00 bits per heavy atom. The van der Waals surface area contributed by atoms with Crippen molar-refractivity contribution in [3.8, 4) is 0 Å². The van der Waals surface area contributed by atoms with E-state index in [4.69, 9.17) is 0 Å². The standard InChI is InChI=1S/C15H23N3S/c1-4-5-9-12-16-15(19-3)18(2)17-13-14-10-7-6-8-11-14/h6-8,10-11,13H,4-5,9,12H2,1-3H3. The van der Waals surface area contributed by atoms with Gasteiger partial charge in [0.25, 0.3) is 0 Å². The topological polar surface area (TPSA) is 28.0 Å². The highest BCUT2D eigenvalue weighted by Gasteiger charge is 2.02. The first-order chi connectivity index (χ1) is 9.27. The zero-order valence-corrected chi connectivity index (χ0v) is 12.9. The number of benzene rings is 1. The molecule has 0 unspecified atom stereocenters. The minimum absolute atomic E-state index is 0.884. The fraction of sp³-hybridized carbons (Fsp3) is 0.467. The SMILES string of the molecule is CCCCCN=C(SC)N(C)N=Cc1ccccc1. The van der Waals surface area contributed by atoms with E-state index in [9.17, 15) is 0 Å². The molecule has 0 atom stereocenters. The van der Waals surface area contributed by atoms with E-state index in [-0.39, 0.29) is 0 Å². The van der Waals surface area contributed by atoms with Crippen LogP contribution in [0.25, 0.3) is 0 Å². The van der Waals surface area contributed by atoms with Gasteiger partial charge in [0.1, 0.15) is 0 Å². The van der Waals surface area contributed by atoms with Gasteiger partial charge in [-0.1, -0.05) is 61.9 Å². The van der Waals surface area contributed by atoms with Crippen molar-refractivity contribution in [2.45, 2.75) is 26.2 Å². The lowest BCUT2D eigenvalue weighted by Gasteiger charge is -2.13. The molecule has 0 spiro atoms. The van der Waals surface area contributed by atoms with Crippen LogP contribution in [-0.4, -0.2) is 36.2 Å². The Bertz CT molecular complexity index is 401. The van der Waals surface area contributed by atoms with Crippen molar-refractivity contribution in [2.24, 2.45) is 10.1 Å². The molecule has 104 valence electrons. The van der Waals surface area contributed by atoms with Gasteiger partial charge >= 0.3 is 0 Å². The fourth-order valence-electron chi connectivity index (χ4n) is 1.58. The fourth-order valence-corrected chi connectivity index (χ4v) is 2.11. The van der Waals surface area contributed by atoms with Crippen LogP contribution in [-0.2, 0) is 0 Å². The molecule has 0 fully saturated rings. The molecule has 0 aliphatic heterocycles. The Kier molecular flexibility index (Phi) is 7.98. The van der Waals surface area contributed by atoms with E-state index in [1.54, 1.807) is 11.8 Å². The second kappa shape index (κ2) is 9.62.